The summed E-state index contributed by atoms with van der Waals surface area (Å²) < 4.78 is 10.5. The summed E-state index contributed by atoms with van der Waals surface area (Å²) in [6.07, 6.45) is 0.831. The zero-order valence-electron chi connectivity index (χ0n) is 9.86. The highest BCUT2D eigenvalue weighted by molar-refractivity contribution is 6.42. The number of methoxy groups -OCH3 is 1. The fraction of sp³-hybridized carbons (Fsp3) is 0.333. The Balaban J connectivity index is 3.03. The molecular weight excluding hydrogens is 222 g/mol. The first-order valence-electron chi connectivity index (χ1n) is 5.25. The first-order valence-corrected chi connectivity index (χ1v) is 5.25. The van der Waals surface area contributed by atoms with E-state index in [1.807, 2.05) is 6.92 Å². The quantitative estimate of drug-likeness (QED) is 0.594. The third kappa shape index (κ3) is 3.21. The zero-order valence-corrected chi connectivity index (χ0v) is 9.86. The van der Waals surface area contributed by atoms with Crippen LogP contribution in [0.1, 0.15) is 23.7 Å². The monoisotopic (exact) mass is 237 g/mol. The van der Waals surface area contributed by atoms with Gasteiger partial charge in [-0.15, -0.1) is 0 Å². The van der Waals surface area contributed by atoms with Crippen LogP contribution in [-0.2, 0) is 4.79 Å². The summed E-state index contributed by atoms with van der Waals surface area (Å²) in [5.74, 6) is -0.786. The van der Waals surface area contributed by atoms with Crippen LogP contribution in [0.2, 0.25) is 0 Å². The van der Waals surface area contributed by atoms with Gasteiger partial charge in [-0.05, 0) is 24.6 Å². The Labute approximate surface area is 99.5 Å². The van der Waals surface area contributed by atoms with Gasteiger partial charge < -0.3 is 15.2 Å². The molecule has 1 aromatic carbocycles. The minimum absolute atomic E-state index is 0.199. The predicted molar refractivity (Wildman–Crippen MR) is 62.3 cm³/mol. The van der Waals surface area contributed by atoms with E-state index in [1.165, 1.54) is 19.2 Å². The molecule has 0 aromatic heterocycles. The lowest BCUT2D eigenvalue weighted by atomic mass is 10.1. The van der Waals surface area contributed by atoms with E-state index >= 15 is 0 Å². The molecule has 1 rings (SSSR count). The Morgan fingerprint density at radius 2 is 2.00 bits per heavy atom. The topological polar surface area (TPSA) is 78.6 Å². The summed E-state index contributed by atoms with van der Waals surface area (Å²) in [6, 6.07) is 4.51. The molecule has 0 bridgehead atoms. The van der Waals surface area contributed by atoms with E-state index in [0.29, 0.717) is 18.1 Å². The molecule has 17 heavy (non-hydrogen) atoms. The Hall–Kier alpha value is -2.04. The van der Waals surface area contributed by atoms with Crippen molar-refractivity contribution >= 4 is 11.7 Å². The highest BCUT2D eigenvalue weighted by Crippen LogP contribution is 2.28. The number of benzene rings is 1. The number of Topliss-reactive ketones (excluding diaryl/α,β-unsaturated/α-hetero) is 1. The van der Waals surface area contributed by atoms with Crippen molar-refractivity contribution in [3.8, 4) is 11.5 Å². The van der Waals surface area contributed by atoms with Crippen LogP contribution in [0, 0.1) is 0 Å². The van der Waals surface area contributed by atoms with Crippen LogP contribution < -0.4 is 15.2 Å². The van der Waals surface area contributed by atoms with Gasteiger partial charge in [-0.3, -0.25) is 9.59 Å². The van der Waals surface area contributed by atoms with Crippen LogP contribution >= 0.6 is 0 Å². The summed E-state index contributed by atoms with van der Waals surface area (Å²) in [7, 11) is 1.50. The Kier molecular flexibility index (Phi) is 4.51. The van der Waals surface area contributed by atoms with Crippen LogP contribution in [0.25, 0.3) is 0 Å². The predicted octanol–water partition coefficient (Wildman–Crippen LogP) is 1.15. The second-order valence-corrected chi connectivity index (χ2v) is 3.41. The van der Waals surface area contributed by atoms with E-state index in [2.05, 4.69) is 0 Å². The number of carbonyl (C=O) groups is 2. The van der Waals surface area contributed by atoms with Crippen molar-refractivity contribution in [2.45, 2.75) is 13.3 Å². The molecule has 2 N–H and O–H groups in total. The van der Waals surface area contributed by atoms with Gasteiger partial charge in [0.25, 0.3) is 5.91 Å². The summed E-state index contributed by atoms with van der Waals surface area (Å²) in [5.41, 5.74) is 5.13. The van der Waals surface area contributed by atoms with Gasteiger partial charge in [0.2, 0.25) is 5.78 Å². The first kappa shape index (κ1) is 13.0. The van der Waals surface area contributed by atoms with Gasteiger partial charge in [-0.2, -0.15) is 0 Å². The maximum Gasteiger partial charge on any atom is 0.289 e. The fourth-order valence-electron chi connectivity index (χ4n) is 1.29. The molecule has 0 fully saturated rings. The summed E-state index contributed by atoms with van der Waals surface area (Å²) in [5, 5.41) is 0. The summed E-state index contributed by atoms with van der Waals surface area (Å²) >= 11 is 0. The highest BCUT2D eigenvalue weighted by Gasteiger charge is 2.15. The zero-order chi connectivity index (χ0) is 12.8. The third-order valence-corrected chi connectivity index (χ3v) is 2.11. The van der Waals surface area contributed by atoms with Crippen molar-refractivity contribution in [3.63, 3.8) is 0 Å². The SMILES string of the molecule is CCCOc1cc(C(=O)C(N)=O)ccc1OC. The number of carbonyl (C=O) groups excluding carboxylic acids is 2. The van der Waals surface area contributed by atoms with Gasteiger partial charge in [0.15, 0.2) is 11.5 Å². The van der Waals surface area contributed by atoms with E-state index < -0.39 is 11.7 Å². The average Bonchev–Trinajstić information content (AvgIpc) is 2.34. The number of ketones is 1. The van der Waals surface area contributed by atoms with E-state index in [1.54, 1.807) is 6.07 Å². The number of primary amides is 1. The Morgan fingerprint density at radius 1 is 1.29 bits per heavy atom. The Bertz CT molecular complexity index is 429. The lowest BCUT2D eigenvalue weighted by Gasteiger charge is -2.10. The van der Waals surface area contributed by atoms with Crippen LogP contribution in [0.4, 0.5) is 0 Å². The van der Waals surface area contributed by atoms with E-state index in [0.717, 1.165) is 6.42 Å². The van der Waals surface area contributed by atoms with Crippen molar-refractivity contribution < 1.29 is 19.1 Å². The standard InChI is InChI=1S/C12H15NO4/c1-3-6-17-10-7-8(11(14)12(13)15)4-5-9(10)16-2/h4-5,7H,3,6H2,1-2H3,(H2,13,15). The van der Waals surface area contributed by atoms with Gasteiger partial charge >= 0.3 is 0 Å². The number of ether oxygens (including phenoxy) is 2. The summed E-state index contributed by atoms with van der Waals surface area (Å²) in [6.45, 7) is 2.47. The molecule has 0 atom stereocenters. The van der Waals surface area contributed by atoms with Gasteiger partial charge in [-0.1, -0.05) is 6.92 Å². The van der Waals surface area contributed by atoms with Crippen molar-refractivity contribution in [1.29, 1.82) is 0 Å². The van der Waals surface area contributed by atoms with Crippen molar-refractivity contribution in [1.82, 2.24) is 0 Å². The van der Waals surface area contributed by atoms with Crippen LogP contribution in [0.15, 0.2) is 18.2 Å². The van der Waals surface area contributed by atoms with Crippen LogP contribution in [0.5, 0.6) is 11.5 Å². The number of rotatable bonds is 6. The molecule has 92 valence electrons. The molecule has 0 aliphatic rings. The van der Waals surface area contributed by atoms with Gasteiger partial charge in [0, 0.05) is 5.56 Å². The maximum absolute atomic E-state index is 11.4. The Morgan fingerprint density at radius 3 is 2.53 bits per heavy atom. The molecule has 1 amide bonds. The largest absolute Gasteiger partial charge is 0.493 e. The number of hydrogen-bond donors (Lipinski definition) is 1. The lowest BCUT2D eigenvalue weighted by molar-refractivity contribution is -0.114. The molecule has 0 unspecified atom stereocenters. The minimum Gasteiger partial charge on any atom is -0.493 e. The molecule has 5 heteroatoms. The molecule has 0 saturated carbocycles. The van der Waals surface area contributed by atoms with Gasteiger partial charge in [0.05, 0.1) is 13.7 Å². The number of hydrogen-bond acceptors (Lipinski definition) is 4. The molecule has 0 heterocycles. The summed E-state index contributed by atoms with van der Waals surface area (Å²) in [4.78, 5) is 22.2. The lowest BCUT2D eigenvalue weighted by Crippen LogP contribution is -2.23. The molecule has 0 spiro atoms. The van der Waals surface area contributed by atoms with Crippen LogP contribution in [-0.4, -0.2) is 25.4 Å². The molecule has 0 aliphatic heterocycles. The smallest absolute Gasteiger partial charge is 0.289 e. The molecular formula is C12H15NO4. The van der Waals surface area contributed by atoms with Crippen molar-refractivity contribution in [2.75, 3.05) is 13.7 Å². The van der Waals surface area contributed by atoms with Crippen molar-refractivity contribution in [2.24, 2.45) is 5.73 Å². The first-order chi connectivity index (χ1) is 8.10. The van der Waals surface area contributed by atoms with E-state index in [9.17, 15) is 9.59 Å². The molecule has 5 nitrogen and oxygen atoms in total. The molecule has 0 saturated heterocycles. The van der Waals surface area contributed by atoms with Crippen LogP contribution in [0.3, 0.4) is 0 Å². The van der Waals surface area contributed by atoms with E-state index in [4.69, 9.17) is 15.2 Å². The van der Waals surface area contributed by atoms with Gasteiger partial charge in [0.1, 0.15) is 0 Å². The van der Waals surface area contributed by atoms with E-state index in [-0.39, 0.29) is 5.56 Å². The van der Waals surface area contributed by atoms with Gasteiger partial charge in [-0.25, -0.2) is 0 Å². The second kappa shape index (κ2) is 5.89. The minimum atomic E-state index is -0.989. The maximum atomic E-state index is 11.4. The fourth-order valence-corrected chi connectivity index (χ4v) is 1.29. The normalized spacial score (nSPS) is 9.76. The number of amides is 1. The molecule has 1 aromatic rings. The molecule has 0 aliphatic carbocycles. The average molecular weight is 237 g/mol. The van der Waals surface area contributed by atoms with Crippen molar-refractivity contribution in [3.05, 3.63) is 23.8 Å². The highest BCUT2D eigenvalue weighted by atomic mass is 16.5. The second-order valence-electron chi connectivity index (χ2n) is 3.41. The molecule has 0 radical (unpaired) electrons. The third-order valence-electron chi connectivity index (χ3n) is 2.11. The number of nitrogens with two attached hydrogens (primary N) is 1.